The molecule has 0 aromatic carbocycles. The van der Waals surface area contributed by atoms with E-state index in [-0.39, 0.29) is 0 Å². The highest BCUT2D eigenvalue weighted by Gasteiger charge is 2.75. The lowest BCUT2D eigenvalue weighted by Crippen LogP contribution is -2.83. The Bertz CT molecular complexity index is 305. The zero-order chi connectivity index (χ0) is 10.8. The highest BCUT2D eigenvalue weighted by molar-refractivity contribution is 5.26. The largest absolute Gasteiger partial charge is 0.379 e. The van der Waals surface area contributed by atoms with Gasteiger partial charge in [-0.25, -0.2) is 0 Å². The Balaban J connectivity index is 1.61. The Hall–Kier alpha value is -0.0800. The molecule has 5 unspecified atom stereocenters. The minimum Gasteiger partial charge on any atom is -0.379 e. The van der Waals surface area contributed by atoms with E-state index < -0.39 is 0 Å². The minimum atomic E-state index is 0.622. The molecule has 0 N–H and O–H groups in total. The summed E-state index contributed by atoms with van der Waals surface area (Å²) >= 11 is 0. The topological polar surface area (TPSA) is 12.5 Å². The second-order valence-electron chi connectivity index (χ2n) is 6.52. The first-order chi connectivity index (χ1) is 7.86. The number of likely N-dealkylation sites (N-methyl/N-ethyl adjacent to an activating group) is 1. The summed E-state index contributed by atoms with van der Waals surface area (Å²) in [7, 11) is 2.33. The van der Waals surface area contributed by atoms with Crippen LogP contribution in [0.1, 0.15) is 38.5 Å². The van der Waals surface area contributed by atoms with Crippen LogP contribution in [0.3, 0.4) is 0 Å². The number of fused-ring (bicyclic) bond motifs is 2. The van der Waals surface area contributed by atoms with Crippen molar-refractivity contribution in [3.63, 3.8) is 0 Å². The van der Waals surface area contributed by atoms with Crippen molar-refractivity contribution in [2.45, 2.75) is 50.6 Å². The van der Waals surface area contributed by atoms with E-state index in [4.69, 9.17) is 4.74 Å². The van der Waals surface area contributed by atoms with Crippen LogP contribution in [0.4, 0.5) is 0 Å². The molecule has 2 heterocycles. The van der Waals surface area contributed by atoms with Gasteiger partial charge in [0.1, 0.15) is 0 Å². The van der Waals surface area contributed by atoms with Gasteiger partial charge in [0, 0.05) is 17.5 Å². The van der Waals surface area contributed by atoms with Crippen molar-refractivity contribution in [1.82, 2.24) is 4.90 Å². The molecule has 5 atom stereocenters. The summed E-state index contributed by atoms with van der Waals surface area (Å²) in [4.78, 5) is 2.63. The predicted molar refractivity (Wildman–Crippen MR) is 63.3 cm³/mol. The third-order valence-electron chi connectivity index (χ3n) is 6.14. The van der Waals surface area contributed by atoms with Crippen LogP contribution in [0.15, 0.2) is 0 Å². The first-order valence-electron chi connectivity index (χ1n) is 7.15. The first kappa shape index (κ1) is 9.90. The van der Waals surface area contributed by atoms with Crippen LogP contribution >= 0.6 is 0 Å². The van der Waals surface area contributed by atoms with Crippen molar-refractivity contribution in [3.05, 3.63) is 0 Å². The molecule has 2 aliphatic heterocycles. The van der Waals surface area contributed by atoms with Crippen LogP contribution in [-0.4, -0.2) is 37.2 Å². The summed E-state index contributed by atoms with van der Waals surface area (Å²) < 4.78 is 5.81. The lowest BCUT2D eigenvalue weighted by molar-refractivity contribution is -0.261. The predicted octanol–water partition coefficient (Wildman–Crippen LogP) is 2.29. The highest BCUT2D eigenvalue weighted by atomic mass is 16.5. The van der Waals surface area contributed by atoms with Gasteiger partial charge in [-0.1, -0.05) is 25.7 Å². The molecular formula is C14H23NO. The van der Waals surface area contributed by atoms with Gasteiger partial charge in [0.2, 0.25) is 0 Å². The average molecular weight is 221 g/mol. The maximum absolute atomic E-state index is 5.81. The number of hydrogen-bond acceptors (Lipinski definition) is 2. The second-order valence-corrected chi connectivity index (χ2v) is 6.52. The molecule has 0 aromatic heterocycles. The van der Waals surface area contributed by atoms with E-state index in [1.165, 1.54) is 38.5 Å². The van der Waals surface area contributed by atoms with Gasteiger partial charge in [0.15, 0.2) is 0 Å². The van der Waals surface area contributed by atoms with Gasteiger partial charge in [-0.2, -0.15) is 0 Å². The number of nitrogens with zero attached hydrogens (tertiary/aromatic N) is 1. The molecule has 1 spiro atoms. The molecule has 4 fully saturated rings. The smallest absolute Gasteiger partial charge is 0.0629 e. The molecule has 4 rings (SSSR count). The van der Waals surface area contributed by atoms with E-state index in [0.717, 1.165) is 37.1 Å². The summed E-state index contributed by atoms with van der Waals surface area (Å²) in [6.07, 6.45) is 8.90. The monoisotopic (exact) mass is 221 g/mol. The maximum atomic E-state index is 5.81. The van der Waals surface area contributed by atoms with Crippen molar-refractivity contribution in [1.29, 1.82) is 0 Å². The molecule has 90 valence electrons. The third kappa shape index (κ3) is 0.932. The van der Waals surface area contributed by atoms with Crippen LogP contribution in [0, 0.1) is 17.3 Å². The summed E-state index contributed by atoms with van der Waals surface area (Å²) in [5, 5.41) is 0. The Morgan fingerprint density at radius 3 is 2.81 bits per heavy atom. The molecule has 16 heavy (non-hydrogen) atoms. The van der Waals surface area contributed by atoms with E-state index in [1.807, 2.05) is 0 Å². The Kier molecular flexibility index (Phi) is 2.00. The van der Waals surface area contributed by atoms with Gasteiger partial charge in [-0.15, -0.1) is 0 Å². The molecule has 2 aliphatic carbocycles. The quantitative estimate of drug-likeness (QED) is 0.622. The average Bonchev–Trinajstić information content (AvgIpc) is 2.65. The third-order valence-corrected chi connectivity index (χ3v) is 6.14. The second kappa shape index (κ2) is 3.23. The Morgan fingerprint density at radius 2 is 1.94 bits per heavy atom. The van der Waals surface area contributed by atoms with Crippen LogP contribution < -0.4 is 0 Å². The lowest BCUT2D eigenvalue weighted by Gasteiger charge is -2.74. The van der Waals surface area contributed by atoms with E-state index in [1.54, 1.807) is 0 Å². The SMILES string of the molecule is CN1C2COCC23C2CCCCCCC2C13. The van der Waals surface area contributed by atoms with E-state index >= 15 is 0 Å². The maximum Gasteiger partial charge on any atom is 0.0629 e. The standard InChI is InChI=1S/C14H23NO/c1-15-12-8-16-9-14(12)11-7-5-3-2-4-6-10(11)13(14)15/h10-13H,2-9H2,1H3. The molecule has 2 nitrogen and oxygen atoms in total. The van der Waals surface area contributed by atoms with Crippen LogP contribution in [0.25, 0.3) is 0 Å². The van der Waals surface area contributed by atoms with Gasteiger partial charge < -0.3 is 4.74 Å². The van der Waals surface area contributed by atoms with E-state index in [2.05, 4.69) is 11.9 Å². The summed E-state index contributed by atoms with van der Waals surface area (Å²) in [5.74, 6) is 2.03. The van der Waals surface area contributed by atoms with Crippen molar-refractivity contribution in [2.75, 3.05) is 20.3 Å². The van der Waals surface area contributed by atoms with Crippen molar-refractivity contribution in [2.24, 2.45) is 17.3 Å². The van der Waals surface area contributed by atoms with Gasteiger partial charge in [-0.05, 0) is 31.7 Å². The Morgan fingerprint density at radius 1 is 1.12 bits per heavy atom. The number of rotatable bonds is 0. The van der Waals surface area contributed by atoms with Crippen LogP contribution in [-0.2, 0) is 4.74 Å². The molecule has 4 aliphatic rings. The molecule has 0 radical (unpaired) electrons. The molecule has 2 saturated carbocycles. The fourth-order valence-corrected chi connectivity index (χ4v) is 5.58. The zero-order valence-electron chi connectivity index (χ0n) is 10.3. The first-order valence-corrected chi connectivity index (χ1v) is 7.15. The summed E-state index contributed by atoms with van der Waals surface area (Å²) in [5.41, 5.74) is 0.622. The van der Waals surface area contributed by atoms with Crippen molar-refractivity contribution in [3.8, 4) is 0 Å². The van der Waals surface area contributed by atoms with Crippen molar-refractivity contribution >= 4 is 0 Å². The van der Waals surface area contributed by atoms with E-state index in [0.29, 0.717) is 5.41 Å². The highest BCUT2D eigenvalue weighted by Crippen LogP contribution is 2.68. The zero-order valence-corrected chi connectivity index (χ0v) is 10.3. The molecule has 0 aromatic rings. The Labute approximate surface area is 98.3 Å². The van der Waals surface area contributed by atoms with Gasteiger partial charge >= 0.3 is 0 Å². The fraction of sp³-hybridized carbons (Fsp3) is 1.00. The van der Waals surface area contributed by atoms with Gasteiger partial charge in [0.25, 0.3) is 0 Å². The van der Waals surface area contributed by atoms with E-state index in [9.17, 15) is 0 Å². The van der Waals surface area contributed by atoms with Crippen LogP contribution in [0.2, 0.25) is 0 Å². The number of ether oxygens (including phenoxy) is 1. The number of piperidine rings is 1. The van der Waals surface area contributed by atoms with Gasteiger partial charge in [0.05, 0.1) is 13.2 Å². The van der Waals surface area contributed by atoms with Crippen LogP contribution in [0.5, 0.6) is 0 Å². The molecule has 0 bridgehead atoms. The summed E-state index contributed by atoms with van der Waals surface area (Å²) in [6, 6.07) is 1.67. The number of hydrogen-bond donors (Lipinski definition) is 0. The summed E-state index contributed by atoms with van der Waals surface area (Å²) in [6.45, 7) is 2.09. The normalized spacial score (nSPS) is 56.1. The lowest BCUT2D eigenvalue weighted by atomic mass is 9.40. The molecule has 2 heteroatoms. The molecular weight excluding hydrogens is 198 g/mol. The minimum absolute atomic E-state index is 0.622. The van der Waals surface area contributed by atoms with Gasteiger partial charge in [-0.3, -0.25) is 4.90 Å². The molecule has 2 saturated heterocycles. The van der Waals surface area contributed by atoms with Crippen molar-refractivity contribution < 1.29 is 4.74 Å². The fourth-order valence-electron chi connectivity index (χ4n) is 5.58. The molecule has 0 amide bonds. The number of likely N-dealkylation sites (tertiary alicyclic amines) is 1.